The second-order valence-corrected chi connectivity index (χ2v) is 5.34. The normalized spacial score (nSPS) is 23.1. The van der Waals surface area contributed by atoms with E-state index in [4.69, 9.17) is 0 Å². The fourth-order valence-corrected chi connectivity index (χ4v) is 2.31. The van der Waals surface area contributed by atoms with E-state index in [0.29, 0.717) is 6.04 Å². The first-order valence-corrected chi connectivity index (χ1v) is 6.86. The summed E-state index contributed by atoms with van der Waals surface area (Å²) in [6.07, 6.45) is 3.78. The fourth-order valence-electron chi connectivity index (χ4n) is 2.31. The maximum Gasteiger partial charge on any atom is 0.132 e. The van der Waals surface area contributed by atoms with Crippen molar-refractivity contribution in [1.82, 2.24) is 15.3 Å². The Labute approximate surface area is 108 Å². The van der Waals surface area contributed by atoms with Crippen LogP contribution in [0.2, 0.25) is 0 Å². The van der Waals surface area contributed by atoms with Gasteiger partial charge in [0.05, 0.1) is 0 Å². The van der Waals surface area contributed by atoms with Gasteiger partial charge in [-0.25, -0.2) is 9.97 Å². The number of nitrogens with one attached hydrogen (secondary N) is 3. The van der Waals surface area contributed by atoms with Crippen LogP contribution in [0.15, 0.2) is 6.07 Å². The molecular formula is C13H21N5. The molecule has 1 saturated carbocycles. The Hall–Kier alpha value is -1.36. The molecule has 1 aromatic heterocycles. The van der Waals surface area contributed by atoms with Crippen molar-refractivity contribution in [2.24, 2.45) is 5.92 Å². The van der Waals surface area contributed by atoms with Gasteiger partial charge in [0.1, 0.15) is 17.5 Å². The van der Waals surface area contributed by atoms with E-state index in [1.807, 2.05) is 13.0 Å². The lowest BCUT2D eigenvalue weighted by Gasteiger charge is -2.12. The Morgan fingerprint density at radius 1 is 1.28 bits per heavy atom. The summed E-state index contributed by atoms with van der Waals surface area (Å²) in [7, 11) is 0. The number of anilines is 2. The highest BCUT2D eigenvalue weighted by Gasteiger charge is 2.21. The Balaban J connectivity index is 1.60. The van der Waals surface area contributed by atoms with Crippen molar-refractivity contribution in [3.8, 4) is 0 Å². The van der Waals surface area contributed by atoms with Crippen molar-refractivity contribution >= 4 is 11.6 Å². The zero-order chi connectivity index (χ0) is 12.4. The summed E-state index contributed by atoms with van der Waals surface area (Å²) in [6, 6.07) is 2.65. The van der Waals surface area contributed by atoms with Crippen LogP contribution in [0.4, 0.5) is 11.6 Å². The van der Waals surface area contributed by atoms with Crippen LogP contribution in [0.25, 0.3) is 0 Å². The molecule has 0 spiro atoms. The van der Waals surface area contributed by atoms with Crippen LogP contribution in [-0.4, -0.2) is 35.6 Å². The predicted octanol–water partition coefficient (Wildman–Crippen LogP) is 1.38. The molecule has 0 amide bonds. The molecule has 0 bridgehead atoms. The fraction of sp³-hybridized carbons (Fsp3) is 0.692. The van der Waals surface area contributed by atoms with E-state index in [9.17, 15) is 0 Å². The highest BCUT2D eigenvalue weighted by Crippen LogP contribution is 2.24. The maximum absolute atomic E-state index is 4.44. The second-order valence-electron chi connectivity index (χ2n) is 5.34. The van der Waals surface area contributed by atoms with E-state index in [-0.39, 0.29) is 0 Å². The van der Waals surface area contributed by atoms with E-state index in [1.54, 1.807) is 0 Å². The van der Waals surface area contributed by atoms with Gasteiger partial charge in [-0.05, 0) is 45.2 Å². The molecule has 1 aromatic rings. The van der Waals surface area contributed by atoms with Crippen molar-refractivity contribution in [2.45, 2.75) is 32.2 Å². The van der Waals surface area contributed by atoms with Crippen LogP contribution < -0.4 is 16.0 Å². The molecule has 1 unspecified atom stereocenters. The first-order chi connectivity index (χ1) is 8.79. The molecule has 0 aromatic carbocycles. The predicted molar refractivity (Wildman–Crippen MR) is 72.9 cm³/mol. The Morgan fingerprint density at radius 3 is 2.83 bits per heavy atom. The third-order valence-corrected chi connectivity index (χ3v) is 3.50. The average Bonchev–Trinajstić information content (AvgIpc) is 2.99. The largest absolute Gasteiger partial charge is 0.370 e. The van der Waals surface area contributed by atoms with Gasteiger partial charge in [-0.15, -0.1) is 0 Å². The highest BCUT2D eigenvalue weighted by atomic mass is 15.1. The number of nitrogens with zero attached hydrogens (tertiary/aromatic N) is 2. The summed E-state index contributed by atoms with van der Waals surface area (Å²) < 4.78 is 0. The van der Waals surface area contributed by atoms with Crippen LogP contribution in [0.3, 0.4) is 0 Å². The van der Waals surface area contributed by atoms with E-state index in [0.717, 1.165) is 43.0 Å². The van der Waals surface area contributed by atoms with Crippen molar-refractivity contribution in [3.63, 3.8) is 0 Å². The van der Waals surface area contributed by atoms with Crippen molar-refractivity contribution in [3.05, 3.63) is 11.9 Å². The van der Waals surface area contributed by atoms with Crippen LogP contribution in [0.1, 0.15) is 25.1 Å². The first kappa shape index (κ1) is 11.7. The molecule has 1 atom stereocenters. The molecule has 3 N–H and O–H groups in total. The van der Waals surface area contributed by atoms with Gasteiger partial charge in [0.15, 0.2) is 0 Å². The first-order valence-electron chi connectivity index (χ1n) is 6.86. The number of rotatable bonds is 5. The lowest BCUT2D eigenvalue weighted by Crippen LogP contribution is -2.18. The van der Waals surface area contributed by atoms with Gasteiger partial charge in [0, 0.05) is 18.7 Å². The Morgan fingerprint density at radius 2 is 2.11 bits per heavy atom. The minimum absolute atomic E-state index is 0.631. The summed E-state index contributed by atoms with van der Waals surface area (Å²) in [6.45, 7) is 5.20. The molecular weight excluding hydrogens is 226 g/mol. The zero-order valence-electron chi connectivity index (χ0n) is 10.9. The summed E-state index contributed by atoms with van der Waals surface area (Å²) in [5.41, 5.74) is 0. The molecule has 1 aliphatic carbocycles. The van der Waals surface area contributed by atoms with Crippen LogP contribution >= 0.6 is 0 Å². The minimum atomic E-state index is 0.631. The monoisotopic (exact) mass is 247 g/mol. The quantitative estimate of drug-likeness (QED) is 0.734. The van der Waals surface area contributed by atoms with Gasteiger partial charge in [0.2, 0.25) is 0 Å². The topological polar surface area (TPSA) is 61.9 Å². The molecule has 1 aliphatic heterocycles. The third-order valence-electron chi connectivity index (χ3n) is 3.50. The average molecular weight is 247 g/mol. The van der Waals surface area contributed by atoms with Gasteiger partial charge in [-0.2, -0.15) is 0 Å². The third kappa shape index (κ3) is 3.10. The summed E-state index contributed by atoms with van der Waals surface area (Å²) >= 11 is 0. The van der Waals surface area contributed by atoms with Gasteiger partial charge in [0.25, 0.3) is 0 Å². The van der Waals surface area contributed by atoms with Gasteiger partial charge < -0.3 is 16.0 Å². The van der Waals surface area contributed by atoms with E-state index in [2.05, 4.69) is 25.9 Å². The van der Waals surface area contributed by atoms with Crippen molar-refractivity contribution < 1.29 is 0 Å². The van der Waals surface area contributed by atoms with E-state index < -0.39 is 0 Å². The number of aryl methyl sites for hydroxylation is 1. The lowest BCUT2D eigenvalue weighted by molar-refractivity contribution is 0.614. The summed E-state index contributed by atoms with van der Waals surface area (Å²) in [5.74, 6) is 3.45. The molecule has 2 heterocycles. The second kappa shape index (κ2) is 5.10. The van der Waals surface area contributed by atoms with Crippen LogP contribution in [0.5, 0.6) is 0 Å². The Kier molecular flexibility index (Phi) is 3.32. The molecule has 5 nitrogen and oxygen atoms in total. The maximum atomic E-state index is 4.44. The molecule has 2 aliphatic rings. The van der Waals surface area contributed by atoms with Gasteiger partial charge in [-0.1, -0.05) is 0 Å². The lowest BCUT2D eigenvalue weighted by atomic mass is 10.1. The number of hydrogen-bond donors (Lipinski definition) is 3. The minimum Gasteiger partial charge on any atom is -0.370 e. The van der Waals surface area contributed by atoms with Crippen molar-refractivity contribution in [2.75, 3.05) is 30.3 Å². The van der Waals surface area contributed by atoms with Crippen molar-refractivity contribution in [1.29, 1.82) is 0 Å². The van der Waals surface area contributed by atoms with Gasteiger partial charge in [-0.3, -0.25) is 0 Å². The smallest absolute Gasteiger partial charge is 0.132 e. The highest BCUT2D eigenvalue weighted by molar-refractivity contribution is 5.48. The van der Waals surface area contributed by atoms with Gasteiger partial charge >= 0.3 is 0 Å². The van der Waals surface area contributed by atoms with Crippen LogP contribution in [-0.2, 0) is 0 Å². The molecule has 1 saturated heterocycles. The summed E-state index contributed by atoms with van der Waals surface area (Å²) in [4.78, 5) is 8.86. The molecule has 5 heteroatoms. The number of hydrogen-bond acceptors (Lipinski definition) is 5. The molecule has 0 radical (unpaired) electrons. The van der Waals surface area contributed by atoms with E-state index >= 15 is 0 Å². The standard InChI is InChI=1S/C13H21N5/c1-9-16-12(15-8-10-4-5-14-7-10)6-13(17-9)18-11-2-3-11/h6,10-11,14H,2-5,7-8H2,1H3,(H2,15,16,17,18). The molecule has 18 heavy (non-hydrogen) atoms. The SMILES string of the molecule is Cc1nc(NCC2CCNC2)cc(NC2CC2)n1. The molecule has 98 valence electrons. The van der Waals surface area contributed by atoms with Crippen LogP contribution in [0, 0.1) is 12.8 Å². The zero-order valence-corrected chi connectivity index (χ0v) is 10.9. The van der Waals surface area contributed by atoms with E-state index in [1.165, 1.54) is 19.3 Å². The Bertz CT molecular complexity index is 410. The molecule has 2 fully saturated rings. The summed E-state index contributed by atoms with van der Waals surface area (Å²) in [5, 5.41) is 10.2. The molecule has 3 rings (SSSR count). The number of aromatic nitrogens is 2.